The third-order valence-electron chi connectivity index (χ3n) is 16.7. The second-order valence-corrected chi connectivity index (χ2v) is 23.6. The summed E-state index contributed by atoms with van der Waals surface area (Å²) in [5, 5.41) is 215. The summed E-state index contributed by atoms with van der Waals surface area (Å²) in [6, 6.07) is -6.36. The van der Waals surface area contributed by atoms with Crippen LogP contribution in [-0.2, 0) is 85.6 Å². The number of amides is 4. The van der Waals surface area contributed by atoms with Gasteiger partial charge in [0.25, 0.3) is 0 Å². The van der Waals surface area contributed by atoms with E-state index in [1.165, 1.54) is 13.8 Å². The lowest BCUT2D eigenvalue weighted by Crippen LogP contribution is -2.70. The summed E-state index contributed by atoms with van der Waals surface area (Å²) < 4.78 is 76.4. The first-order chi connectivity index (χ1) is 44.9. The predicted octanol–water partition coefficient (Wildman–Crippen LogP) is -14.5. The molecule has 0 aromatic rings. The van der Waals surface area contributed by atoms with Gasteiger partial charge >= 0.3 is 5.97 Å². The van der Waals surface area contributed by atoms with Crippen LogP contribution in [0.2, 0.25) is 0 Å². The monoisotopic (exact) mass is 1390 g/mol. The molecular formula is C54H92N4O37. The average Bonchev–Trinajstić information content (AvgIpc) is 0.783. The van der Waals surface area contributed by atoms with Crippen LogP contribution in [0.15, 0.2) is 0 Å². The zero-order valence-corrected chi connectivity index (χ0v) is 52.0. The second-order valence-electron chi connectivity index (χ2n) is 23.6. The number of carbonyl (C=O) groups is 5. The van der Waals surface area contributed by atoms with E-state index in [1.807, 2.05) is 0 Å². The van der Waals surface area contributed by atoms with Crippen molar-refractivity contribution in [2.75, 3.05) is 59.5 Å². The van der Waals surface area contributed by atoms with Crippen molar-refractivity contribution in [1.29, 1.82) is 0 Å². The second kappa shape index (κ2) is 36.4. The van der Waals surface area contributed by atoms with E-state index in [9.17, 15) is 121 Å². The van der Waals surface area contributed by atoms with Crippen LogP contribution in [0.5, 0.6) is 0 Å². The standard InChI is InChI=1S/C54H92N4O37/c1-16-31(55-17(2)67)38(76)44(26(11-63)84-16)93-51-33(57-19(4)69)40(78)43(27(12-64)89-51)91-30(14-66)86-29(22(71)8-60)15-83-54-48(42(80)36(74)25(10-62)88-54)95-52-34(58-20(5)70)41(79)45(28(13-65)90-52)94-53-37(75)24(6-21(7-59)85-53)87-47-39(77)32(56-18(3)68)46(35(73)23(72)9-61)92-49(47)50(81)82/h16,21-49,51-54,59-66,71-80H,6-15H2,1-5H3,(H,55,67)(H,56,68)(H,57,69)(H,58,70)(H,81,82)/t16-,21?,22-,23+,24?,25?,26?,27?,28?,29?,30-,31?,32+,33?,34?,35-,36+,37?,38?,39?,40?,41?,42?,43+,44+,45+,46?,47?,48?,49+,51-,52-,53-,54-/m0/s1. The fourth-order valence-electron chi connectivity index (χ4n) is 12.0. The summed E-state index contributed by atoms with van der Waals surface area (Å²) in [5.41, 5.74) is 0. The molecule has 0 radical (unpaired) electrons. The molecule has 6 heterocycles. The Morgan fingerprint density at radius 2 is 0.926 bits per heavy atom. The van der Waals surface area contributed by atoms with E-state index in [4.69, 9.17) is 61.6 Å². The first kappa shape index (κ1) is 80.1. The normalized spacial score (nSPS) is 41.7. The maximum absolute atomic E-state index is 12.8. The molecule has 550 valence electrons. The number of hydrogen-bond acceptors (Lipinski definition) is 36. The van der Waals surface area contributed by atoms with Crippen LogP contribution in [0.3, 0.4) is 0 Å². The maximum atomic E-state index is 12.8. The van der Waals surface area contributed by atoms with Crippen LogP contribution < -0.4 is 21.3 Å². The smallest absolute Gasteiger partial charge is 0.335 e. The fourth-order valence-corrected chi connectivity index (χ4v) is 12.0. The number of ether oxygens (including phenoxy) is 13. The molecule has 23 N–H and O–H groups in total. The third kappa shape index (κ3) is 19.6. The summed E-state index contributed by atoms with van der Waals surface area (Å²) in [6.45, 7) is -3.34. The van der Waals surface area contributed by atoms with Gasteiger partial charge in [0.2, 0.25) is 23.6 Å². The molecule has 6 aliphatic rings. The molecule has 6 aliphatic heterocycles. The SMILES string of the molecule is CC(=O)NC1C(O)[C@H](O[C@@H](CO)OC(CO[C@H]2OC(CO)[C@@H](O)C(O)C2O[C@@H]2OC(CO)[C@@H](O[C@@H]3OC(CO)CC(OC4C(O)[C@@H](NC(C)=O)C([C@@H](O)[C@H](O)CO)O[C@H]4C(=O)O)C3O)C(O)C2NC(C)=O)[C@@H](O)CO)C(CO)O[C@H]1O[C@@H]1C(CO)O[C@@H](C)C(NC(C)=O)C1O. The summed E-state index contributed by atoms with van der Waals surface area (Å²) >= 11 is 0. The van der Waals surface area contributed by atoms with Crippen LogP contribution in [0.25, 0.3) is 0 Å². The molecule has 4 amide bonds. The summed E-state index contributed by atoms with van der Waals surface area (Å²) in [7, 11) is 0. The third-order valence-corrected chi connectivity index (χ3v) is 16.7. The minimum Gasteiger partial charge on any atom is -0.479 e. The van der Waals surface area contributed by atoms with E-state index in [1.54, 1.807) is 0 Å². The summed E-state index contributed by atoms with van der Waals surface area (Å²) in [4.78, 5) is 62.3. The number of carboxylic acids is 1. The highest BCUT2D eigenvalue weighted by atomic mass is 16.8. The van der Waals surface area contributed by atoms with Gasteiger partial charge < -0.3 is 180 Å². The van der Waals surface area contributed by atoms with E-state index in [2.05, 4.69) is 21.3 Å². The Balaban J connectivity index is 1.20. The predicted molar refractivity (Wildman–Crippen MR) is 300 cm³/mol. The van der Waals surface area contributed by atoms with Crippen molar-refractivity contribution in [3.63, 3.8) is 0 Å². The molecule has 0 aromatic heterocycles. The fraction of sp³-hybridized carbons (Fsp3) is 0.907. The molecule has 0 spiro atoms. The summed E-state index contributed by atoms with van der Waals surface area (Å²) in [6.07, 6.45) is -56.3. The van der Waals surface area contributed by atoms with Gasteiger partial charge in [-0.1, -0.05) is 0 Å². The van der Waals surface area contributed by atoms with E-state index in [0.717, 1.165) is 20.8 Å². The molecule has 0 saturated carbocycles. The van der Waals surface area contributed by atoms with Crippen molar-refractivity contribution in [2.45, 2.75) is 249 Å². The first-order valence-electron chi connectivity index (χ1n) is 30.4. The minimum atomic E-state index is -2.23. The molecule has 34 atom stereocenters. The molecule has 41 nitrogen and oxygen atoms in total. The molecule has 0 aliphatic carbocycles. The van der Waals surface area contributed by atoms with Gasteiger partial charge in [0, 0.05) is 34.1 Å². The van der Waals surface area contributed by atoms with Crippen molar-refractivity contribution in [1.82, 2.24) is 21.3 Å². The Kier molecular flexibility index (Phi) is 30.7. The van der Waals surface area contributed by atoms with Crippen LogP contribution in [0.1, 0.15) is 41.0 Å². The van der Waals surface area contributed by atoms with Crippen molar-refractivity contribution in [2.24, 2.45) is 0 Å². The molecule has 6 saturated heterocycles. The van der Waals surface area contributed by atoms with Crippen LogP contribution >= 0.6 is 0 Å². The number of hydrogen-bond donors (Lipinski definition) is 23. The van der Waals surface area contributed by atoms with E-state index in [0.29, 0.717) is 0 Å². The highest BCUT2D eigenvalue weighted by Crippen LogP contribution is 2.37. The lowest BCUT2D eigenvalue weighted by molar-refractivity contribution is -0.373. The molecule has 0 aromatic carbocycles. The maximum Gasteiger partial charge on any atom is 0.335 e. The van der Waals surface area contributed by atoms with Gasteiger partial charge in [-0.3, -0.25) is 19.2 Å². The van der Waals surface area contributed by atoms with Gasteiger partial charge in [-0.2, -0.15) is 0 Å². The molecular weight excluding hydrogens is 1300 g/mol. The van der Waals surface area contributed by atoms with E-state index >= 15 is 0 Å². The Labute approximate surface area is 541 Å². The average molecular weight is 1390 g/mol. The van der Waals surface area contributed by atoms with Crippen molar-refractivity contribution >= 4 is 29.6 Å². The highest BCUT2D eigenvalue weighted by molar-refractivity contribution is 5.75. The van der Waals surface area contributed by atoms with Gasteiger partial charge in [0.1, 0.15) is 140 Å². The van der Waals surface area contributed by atoms with Gasteiger partial charge in [0.15, 0.2) is 37.6 Å². The number of aliphatic hydroxyl groups excluding tert-OH is 18. The number of aliphatic hydroxyl groups is 18. The number of carboxylic acid groups (broad SMARTS) is 1. The molecule has 0 bridgehead atoms. The molecule has 6 fully saturated rings. The number of nitrogens with one attached hydrogen (secondary N) is 4. The molecule has 6 rings (SSSR count). The number of aliphatic carboxylic acids is 1. The Morgan fingerprint density at radius 1 is 0.463 bits per heavy atom. The van der Waals surface area contributed by atoms with Crippen LogP contribution in [0, 0.1) is 0 Å². The zero-order chi connectivity index (χ0) is 70.6. The van der Waals surface area contributed by atoms with E-state index < -0.39 is 304 Å². The molecule has 19 unspecified atom stereocenters. The molecule has 95 heavy (non-hydrogen) atoms. The van der Waals surface area contributed by atoms with E-state index in [-0.39, 0.29) is 0 Å². The largest absolute Gasteiger partial charge is 0.479 e. The Morgan fingerprint density at radius 3 is 1.43 bits per heavy atom. The Hall–Kier alpha value is -3.89. The number of carbonyl (C=O) groups excluding carboxylic acids is 4. The van der Waals surface area contributed by atoms with Gasteiger partial charge in [-0.25, -0.2) is 4.79 Å². The lowest BCUT2D eigenvalue weighted by Gasteiger charge is -2.50. The van der Waals surface area contributed by atoms with Crippen LogP contribution in [-0.4, -0.2) is 394 Å². The van der Waals surface area contributed by atoms with Gasteiger partial charge in [-0.15, -0.1) is 0 Å². The molecule has 41 heteroatoms. The van der Waals surface area contributed by atoms with Crippen molar-refractivity contribution in [3.05, 3.63) is 0 Å². The quantitative estimate of drug-likeness (QED) is 0.0287. The lowest BCUT2D eigenvalue weighted by atomic mass is 9.87. The van der Waals surface area contributed by atoms with Crippen molar-refractivity contribution in [3.8, 4) is 0 Å². The highest BCUT2D eigenvalue weighted by Gasteiger charge is 2.58. The Bertz CT molecular complexity index is 2420. The first-order valence-corrected chi connectivity index (χ1v) is 30.4. The zero-order valence-electron chi connectivity index (χ0n) is 52.0. The van der Waals surface area contributed by atoms with Gasteiger partial charge in [0.05, 0.1) is 89.9 Å². The summed E-state index contributed by atoms with van der Waals surface area (Å²) in [5.74, 6) is -4.92. The number of rotatable bonds is 31. The van der Waals surface area contributed by atoms with Crippen molar-refractivity contribution < 1.29 is 183 Å². The minimum absolute atomic E-state index is 0.489. The topological polar surface area (TPSA) is 638 Å². The van der Waals surface area contributed by atoms with Gasteiger partial charge in [-0.05, 0) is 6.92 Å². The van der Waals surface area contributed by atoms with Crippen LogP contribution in [0.4, 0.5) is 0 Å².